The third kappa shape index (κ3) is 4.60. The Morgan fingerprint density at radius 3 is 2.57 bits per heavy atom. The lowest BCUT2D eigenvalue weighted by molar-refractivity contribution is 0.139. The highest BCUT2D eigenvalue weighted by atomic mass is 127. The molecule has 2 aromatic heterocycles. The van der Waals surface area contributed by atoms with Gasteiger partial charge in [0.1, 0.15) is 18.1 Å². The standard InChI is InChI=1S/C24H23F2IN6O2/c1-14-9-18(19-11-21(23(25)26)32(28-19)17-7-8-17)16(12-27)10-22(14)35-13-15-5-3-4-6-20(15)33-24(34)31(2)29-30-33/h3-6,9-11,17,23H,7-8,12-13H2,1-2H3. The zero-order chi connectivity index (χ0) is 24.7. The van der Waals surface area contributed by atoms with E-state index in [1.54, 1.807) is 13.1 Å². The minimum atomic E-state index is -2.56. The molecule has 1 aliphatic rings. The van der Waals surface area contributed by atoms with Gasteiger partial charge >= 0.3 is 5.69 Å². The van der Waals surface area contributed by atoms with E-state index in [1.165, 1.54) is 15.4 Å². The van der Waals surface area contributed by atoms with Crippen LogP contribution in [0.15, 0.2) is 47.3 Å². The van der Waals surface area contributed by atoms with E-state index in [-0.39, 0.29) is 24.0 Å². The molecular weight excluding hydrogens is 569 g/mol. The first kappa shape index (κ1) is 23.6. The molecule has 0 N–H and O–H groups in total. The van der Waals surface area contributed by atoms with Gasteiger partial charge in [0.05, 0.1) is 17.4 Å². The second-order valence-electron chi connectivity index (χ2n) is 8.55. The first-order chi connectivity index (χ1) is 16.9. The van der Waals surface area contributed by atoms with Gasteiger partial charge in [-0.15, -0.1) is 0 Å². The minimum Gasteiger partial charge on any atom is -0.489 e. The Morgan fingerprint density at radius 2 is 1.91 bits per heavy atom. The fraction of sp³-hybridized carbons (Fsp3) is 0.333. The Hall–Kier alpha value is -3.09. The number of ether oxygens (including phenoxy) is 1. The quantitative estimate of drug-likeness (QED) is 0.214. The van der Waals surface area contributed by atoms with E-state index in [4.69, 9.17) is 4.74 Å². The van der Waals surface area contributed by atoms with Crippen molar-refractivity contribution in [2.75, 3.05) is 0 Å². The fourth-order valence-electron chi connectivity index (χ4n) is 4.01. The number of alkyl halides is 3. The number of aromatic nitrogens is 6. The number of halogens is 3. The summed E-state index contributed by atoms with van der Waals surface area (Å²) in [5.41, 5.74) is 4.19. The third-order valence-corrected chi connectivity index (χ3v) is 6.85. The van der Waals surface area contributed by atoms with E-state index < -0.39 is 6.43 Å². The topological polar surface area (TPSA) is 79.8 Å². The average molecular weight is 592 g/mol. The molecule has 0 saturated heterocycles. The summed E-state index contributed by atoms with van der Waals surface area (Å²) in [6.45, 7) is 2.13. The van der Waals surface area contributed by atoms with Gasteiger partial charge in [0.15, 0.2) is 0 Å². The Balaban J connectivity index is 1.44. The predicted octanol–water partition coefficient (Wildman–Crippen LogP) is 4.92. The Labute approximate surface area is 213 Å². The van der Waals surface area contributed by atoms with Crippen molar-refractivity contribution in [2.45, 2.75) is 43.3 Å². The Bertz CT molecular complexity index is 1420. The van der Waals surface area contributed by atoms with Crippen molar-refractivity contribution < 1.29 is 13.5 Å². The van der Waals surface area contributed by atoms with Gasteiger partial charge in [-0.05, 0) is 65.6 Å². The summed E-state index contributed by atoms with van der Waals surface area (Å²) in [5.74, 6) is 0.678. The molecule has 11 heteroatoms. The lowest BCUT2D eigenvalue weighted by Crippen LogP contribution is -2.23. The number of benzene rings is 2. The van der Waals surface area contributed by atoms with Crippen LogP contribution in [-0.4, -0.2) is 29.6 Å². The summed E-state index contributed by atoms with van der Waals surface area (Å²) in [6, 6.07) is 12.8. The fourth-order valence-corrected chi connectivity index (χ4v) is 4.64. The number of hydrogen-bond donors (Lipinski definition) is 0. The molecule has 8 nitrogen and oxygen atoms in total. The number of para-hydroxylation sites is 1. The monoisotopic (exact) mass is 592 g/mol. The van der Waals surface area contributed by atoms with Crippen LogP contribution in [0.5, 0.6) is 5.75 Å². The summed E-state index contributed by atoms with van der Waals surface area (Å²) in [4.78, 5) is 12.3. The second-order valence-corrected chi connectivity index (χ2v) is 9.32. The highest BCUT2D eigenvalue weighted by Gasteiger charge is 2.30. The van der Waals surface area contributed by atoms with Gasteiger partial charge in [-0.1, -0.05) is 40.8 Å². The Morgan fingerprint density at radius 1 is 1.14 bits per heavy atom. The lowest BCUT2D eigenvalue weighted by Gasteiger charge is -2.15. The van der Waals surface area contributed by atoms with Crippen LogP contribution in [-0.2, 0) is 18.1 Å². The average Bonchev–Trinajstić information content (AvgIpc) is 3.51. The zero-order valence-electron chi connectivity index (χ0n) is 19.2. The number of tetrazole rings is 1. The van der Waals surface area contributed by atoms with E-state index in [1.807, 2.05) is 37.3 Å². The lowest BCUT2D eigenvalue weighted by atomic mass is 10.0. The first-order valence-corrected chi connectivity index (χ1v) is 12.7. The van der Waals surface area contributed by atoms with Gasteiger partial charge in [-0.25, -0.2) is 13.6 Å². The summed E-state index contributed by atoms with van der Waals surface area (Å²) < 4.78 is 37.9. The van der Waals surface area contributed by atoms with Gasteiger partial charge in [0.25, 0.3) is 6.43 Å². The molecule has 0 spiro atoms. The highest BCUT2D eigenvalue weighted by Crippen LogP contribution is 2.40. The number of aryl methyl sites for hydroxylation is 2. The molecule has 1 aliphatic carbocycles. The zero-order valence-corrected chi connectivity index (χ0v) is 21.3. The van der Waals surface area contributed by atoms with Crippen molar-refractivity contribution in [1.29, 1.82) is 0 Å². The first-order valence-electron chi connectivity index (χ1n) is 11.1. The highest BCUT2D eigenvalue weighted by molar-refractivity contribution is 14.1. The summed E-state index contributed by atoms with van der Waals surface area (Å²) in [5, 5.41) is 12.2. The molecule has 2 aromatic carbocycles. The Kier molecular flexibility index (Phi) is 6.43. The molecule has 1 saturated carbocycles. The molecule has 0 amide bonds. The molecule has 0 bridgehead atoms. The van der Waals surface area contributed by atoms with Crippen molar-refractivity contribution >= 4 is 22.6 Å². The van der Waals surface area contributed by atoms with Crippen LogP contribution in [0.4, 0.5) is 8.78 Å². The maximum absolute atomic E-state index is 13.6. The number of hydrogen-bond acceptors (Lipinski definition) is 5. The second kappa shape index (κ2) is 9.51. The third-order valence-electron chi connectivity index (χ3n) is 6.03. The maximum Gasteiger partial charge on any atom is 0.368 e. The molecule has 1 fully saturated rings. The SMILES string of the molecule is Cc1cc(-c2cc(C(F)F)n(C3CC3)n2)c(CI)cc1OCc1ccccc1-n1nnn(C)c1=O. The molecule has 0 unspecified atom stereocenters. The molecule has 0 radical (unpaired) electrons. The maximum atomic E-state index is 13.6. The van der Waals surface area contributed by atoms with Gasteiger partial charge in [-0.3, -0.25) is 4.68 Å². The van der Waals surface area contributed by atoms with Crippen molar-refractivity contribution in [3.63, 3.8) is 0 Å². The van der Waals surface area contributed by atoms with Gasteiger partial charge < -0.3 is 4.74 Å². The molecule has 0 aliphatic heterocycles. The van der Waals surface area contributed by atoms with Crippen molar-refractivity contribution in [3.05, 3.63) is 75.3 Å². The van der Waals surface area contributed by atoms with Crippen LogP contribution in [0.1, 0.15) is 47.7 Å². The molecule has 182 valence electrons. The van der Waals surface area contributed by atoms with Crippen molar-refractivity contribution in [3.8, 4) is 22.7 Å². The van der Waals surface area contributed by atoms with E-state index in [0.29, 0.717) is 21.6 Å². The van der Waals surface area contributed by atoms with Crippen LogP contribution < -0.4 is 10.4 Å². The van der Waals surface area contributed by atoms with Crippen LogP contribution in [0, 0.1) is 6.92 Å². The van der Waals surface area contributed by atoms with E-state index in [0.717, 1.165) is 39.8 Å². The summed E-state index contributed by atoms with van der Waals surface area (Å²) in [6.07, 6.45) is -0.799. The van der Waals surface area contributed by atoms with Gasteiger partial charge in [0.2, 0.25) is 0 Å². The molecule has 0 atom stereocenters. The van der Waals surface area contributed by atoms with Gasteiger partial charge in [-0.2, -0.15) is 14.5 Å². The predicted molar refractivity (Wildman–Crippen MR) is 134 cm³/mol. The van der Waals surface area contributed by atoms with Crippen LogP contribution in [0.3, 0.4) is 0 Å². The molecule has 5 rings (SSSR count). The van der Waals surface area contributed by atoms with Crippen LogP contribution in [0.25, 0.3) is 16.9 Å². The summed E-state index contributed by atoms with van der Waals surface area (Å²) in [7, 11) is 1.54. The van der Waals surface area contributed by atoms with Crippen molar-refractivity contribution in [2.24, 2.45) is 7.05 Å². The van der Waals surface area contributed by atoms with E-state index >= 15 is 0 Å². The molecule has 2 heterocycles. The number of nitrogens with zero attached hydrogens (tertiary/aromatic N) is 6. The van der Waals surface area contributed by atoms with Gasteiger partial charge in [0, 0.05) is 22.6 Å². The van der Waals surface area contributed by atoms with E-state index in [2.05, 4.69) is 38.1 Å². The molecular formula is C24H23F2IN6O2. The molecule has 35 heavy (non-hydrogen) atoms. The number of rotatable bonds is 8. The van der Waals surface area contributed by atoms with E-state index in [9.17, 15) is 13.6 Å². The van der Waals surface area contributed by atoms with Crippen LogP contribution in [0.2, 0.25) is 0 Å². The molecule has 4 aromatic rings. The smallest absolute Gasteiger partial charge is 0.368 e. The van der Waals surface area contributed by atoms with Crippen LogP contribution >= 0.6 is 22.6 Å². The van der Waals surface area contributed by atoms with Crippen molar-refractivity contribution in [1.82, 2.24) is 29.6 Å². The normalized spacial score (nSPS) is 13.5. The largest absolute Gasteiger partial charge is 0.489 e. The minimum absolute atomic E-state index is 0.0317. The summed E-state index contributed by atoms with van der Waals surface area (Å²) >= 11 is 2.25.